The second-order valence-corrected chi connectivity index (χ2v) is 5.15. The van der Waals surface area contributed by atoms with Crippen LogP contribution in [-0.2, 0) is 6.42 Å². The maximum absolute atomic E-state index is 10.9. The lowest BCUT2D eigenvalue weighted by Crippen LogP contribution is -2.04. The Morgan fingerprint density at radius 2 is 2.00 bits per heavy atom. The van der Waals surface area contributed by atoms with Gasteiger partial charge in [-0.25, -0.2) is 0 Å². The number of nitro benzene ring substituents is 1. The summed E-state index contributed by atoms with van der Waals surface area (Å²) in [6.07, 6.45) is 1.18. The zero-order valence-electron chi connectivity index (χ0n) is 11.0. The maximum atomic E-state index is 10.9. The van der Waals surface area contributed by atoms with Crippen molar-refractivity contribution in [2.75, 3.05) is 6.61 Å². The van der Waals surface area contributed by atoms with Gasteiger partial charge in [0, 0.05) is 23.6 Å². The van der Waals surface area contributed by atoms with Gasteiger partial charge in [0.05, 0.1) is 16.0 Å². The van der Waals surface area contributed by atoms with Crippen LogP contribution in [0.3, 0.4) is 0 Å². The minimum atomic E-state index is -0.399. The molecular formula is C15H12BrNO4. The van der Waals surface area contributed by atoms with Gasteiger partial charge < -0.3 is 4.74 Å². The number of hydrogen-bond donors (Lipinski definition) is 0. The summed E-state index contributed by atoms with van der Waals surface area (Å²) in [7, 11) is 0. The summed E-state index contributed by atoms with van der Waals surface area (Å²) in [6, 6.07) is 11.6. The molecule has 0 aromatic heterocycles. The van der Waals surface area contributed by atoms with E-state index in [0.717, 1.165) is 6.29 Å². The second-order valence-electron chi connectivity index (χ2n) is 4.29. The summed E-state index contributed by atoms with van der Waals surface area (Å²) < 4.78 is 6.27. The zero-order chi connectivity index (χ0) is 15.2. The Hall–Kier alpha value is -2.21. The van der Waals surface area contributed by atoms with Gasteiger partial charge in [0.1, 0.15) is 12.0 Å². The fraction of sp³-hybridized carbons (Fsp3) is 0.133. The lowest BCUT2D eigenvalue weighted by Gasteiger charge is -2.08. The molecule has 0 aliphatic heterocycles. The third-order valence-corrected chi connectivity index (χ3v) is 3.53. The molecule has 0 bridgehead atoms. The molecule has 0 aliphatic rings. The minimum absolute atomic E-state index is 0.0940. The maximum Gasteiger partial charge on any atom is 0.272 e. The molecule has 0 aliphatic carbocycles. The zero-order valence-corrected chi connectivity index (χ0v) is 12.6. The van der Waals surface area contributed by atoms with Crippen LogP contribution >= 0.6 is 15.9 Å². The predicted octanol–water partition coefficient (Wildman–Crippen LogP) is 3.79. The molecule has 2 aromatic rings. The number of rotatable bonds is 6. The average Bonchev–Trinajstić information content (AvgIpc) is 2.49. The van der Waals surface area contributed by atoms with E-state index in [0.29, 0.717) is 34.4 Å². The smallest absolute Gasteiger partial charge is 0.272 e. The molecule has 2 aromatic carbocycles. The molecule has 0 radical (unpaired) electrons. The largest absolute Gasteiger partial charge is 0.492 e. The van der Waals surface area contributed by atoms with E-state index >= 15 is 0 Å². The summed E-state index contributed by atoms with van der Waals surface area (Å²) in [5.74, 6) is 0.596. The quantitative estimate of drug-likeness (QED) is 0.452. The number of carbonyl (C=O) groups is 1. The van der Waals surface area contributed by atoms with Crippen LogP contribution in [0.15, 0.2) is 46.9 Å². The van der Waals surface area contributed by atoms with Crippen molar-refractivity contribution in [1.82, 2.24) is 0 Å². The van der Waals surface area contributed by atoms with E-state index in [4.69, 9.17) is 4.74 Å². The first-order valence-corrected chi connectivity index (χ1v) is 7.01. The Morgan fingerprint density at radius 1 is 1.24 bits per heavy atom. The summed E-state index contributed by atoms with van der Waals surface area (Å²) >= 11 is 3.32. The number of hydrogen-bond acceptors (Lipinski definition) is 4. The van der Waals surface area contributed by atoms with Crippen LogP contribution in [-0.4, -0.2) is 17.8 Å². The highest BCUT2D eigenvalue weighted by Gasteiger charge is 2.12. The van der Waals surface area contributed by atoms with Crippen LogP contribution in [0.25, 0.3) is 0 Å². The molecule has 0 N–H and O–H groups in total. The fourth-order valence-corrected chi connectivity index (χ4v) is 2.39. The van der Waals surface area contributed by atoms with Gasteiger partial charge in [-0.2, -0.15) is 0 Å². The summed E-state index contributed by atoms with van der Waals surface area (Å²) in [4.78, 5) is 21.1. The summed E-state index contributed by atoms with van der Waals surface area (Å²) in [5.41, 5.74) is 1.27. The Bertz CT molecular complexity index is 672. The first-order valence-electron chi connectivity index (χ1n) is 6.21. The molecule has 0 saturated carbocycles. The third-order valence-electron chi connectivity index (χ3n) is 2.91. The van der Waals surface area contributed by atoms with Crippen LogP contribution in [0.4, 0.5) is 5.69 Å². The monoisotopic (exact) mass is 349 g/mol. The van der Waals surface area contributed by atoms with Gasteiger partial charge in [0.2, 0.25) is 0 Å². The number of nitro groups is 1. The number of carbonyl (C=O) groups excluding carboxylic acids is 1. The van der Waals surface area contributed by atoms with Crippen molar-refractivity contribution >= 4 is 27.9 Å². The highest BCUT2D eigenvalue weighted by atomic mass is 79.9. The highest BCUT2D eigenvalue weighted by Crippen LogP contribution is 2.26. The van der Waals surface area contributed by atoms with E-state index in [1.807, 2.05) is 0 Å². The normalized spacial score (nSPS) is 10.1. The number of benzene rings is 2. The average molecular weight is 350 g/mol. The Kier molecular flexibility index (Phi) is 5.05. The molecule has 6 heteroatoms. The van der Waals surface area contributed by atoms with Crippen molar-refractivity contribution in [1.29, 1.82) is 0 Å². The van der Waals surface area contributed by atoms with Gasteiger partial charge in [-0.3, -0.25) is 14.9 Å². The number of aldehydes is 1. The third kappa shape index (κ3) is 3.88. The molecule has 0 spiro atoms. The van der Waals surface area contributed by atoms with Gasteiger partial charge >= 0.3 is 0 Å². The van der Waals surface area contributed by atoms with E-state index in [1.54, 1.807) is 36.4 Å². The van der Waals surface area contributed by atoms with Crippen LogP contribution in [0.5, 0.6) is 5.75 Å². The van der Waals surface area contributed by atoms with E-state index in [1.165, 1.54) is 6.07 Å². The number of halogens is 1. The summed E-state index contributed by atoms with van der Waals surface area (Å²) in [5, 5.41) is 10.9. The lowest BCUT2D eigenvalue weighted by molar-refractivity contribution is -0.385. The molecule has 0 atom stereocenters. The minimum Gasteiger partial charge on any atom is -0.492 e. The Morgan fingerprint density at radius 3 is 2.67 bits per heavy atom. The molecule has 108 valence electrons. The molecule has 0 heterocycles. The first-order chi connectivity index (χ1) is 10.1. The van der Waals surface area contributed by atoms with Crippen molar-refractivity contribution in [3.8, 4) is 5.75 Å². The highest BCUT2D eigenvalue weighted by molar-refractivity contribution is 9.10. The second kappa shape index (κ2) is 6.99. The van der Waals surface area contributed by atoms with Crippen molar-refractivity contribution in [2.24, 2.45) is 0 Å². The molecule has 21 heavy (non-hydrogen) atoms. The summed E-state index contributed by atoms with van der Waals surface area (Å²) in [6.45, 7) is 0.309. The Labute approximate surface area is 129 Å². The molecule has 5 nitrogen and oxygen atoms in total. The molecule has 0 amide bonds. The van der Waals surface area contributed by atoms with Crippen LogP contribution < -0.4 is 4.74 Å². The lowest BCUT2D eigenvalue weighted by atomic mass is 10.1. The topological polar surface area (TPSA) is 69.4 Å². The van der Waals surface area contributed by atoms with Crippen molar-refractivity contribution in [3.05, 3.63) is 68.2 Å². The number of ether oxygens (including phenoxy) is 1. The fourth-order valence-electron chi connectivity index (χ4n) is 1.88. The van der Waals surface area contributed by atoms with Crippen LogP contribution in [0.2, 0.25) is 0 Å². The molecule has 0 fully saturated rings. The van der Waals surface area contributed by atoms with Gasteiger partial charge in [0.15, 0.2) is 0 Å². The number of nitrogens with zero attached hydrogens (tertiary/aromatic N) is 1. The van der Waals surface area contributed by atoms with E-state index in [-0.39, 0.29) is 5.69 Å². The van der Waals surface area contributed by atoms with Crippen LogP contribution in [0.1, 0.15) is 15.9 Å². The molecule has 0 unspecified atom stereocenters. The number of para-hydroxylation sites is 1. The SMILES string of the molecule is O=Cc1ccc(OCCc2ccccc2[N+](=O)[O-])c(Br)c1. The van der Waals surface area contributed by atoms with Crippen molar-refractivity contribution in [2.45, 2.75) is 6.42 Å². The standard InChI is InChI=1S/C15H12BrNO4/c16-13-9-11(10-18)5-6-15(13)21-8-7-12-3-1-2-4-14(12)17(19)20/h1-6,9-10H,7-8H2. The van der Waals surface area contributed by atoms with Crippen molar-refractivity contribution in [3.63, 3.8) is 0 Å². The van der Waals surface area contributed by atoms with Crippen LogP contribution in [0, 0.1) is 10.1 Å². The van der Waals surface area contributed by atoms with Gasteiger partial charge in [-0.15, -0.1) is 0 Å². The molecule has 0 saturated heterocycles. The van der Waals surface area contributed by atoms with E-state index in [9.17, 15) is 14.9 Å². The van der Waals surface area contributed by atoms with Gasteiger partial charge in [-0.05, 0) is 34.1 Å². The van der Waals surface area contributed by atoms with Crippen molar-refractivity contribution < 1.29 is 14.5 Å². The predicted molar refractivity (Wildman–Crippen MR) is 81.8 cm³/mol. The molecular weight excluding hydrogens is 338 g/mol. The van der Waals surface area contributed by atoms with E-state index in [2.05, 4.69) is 15.9 Å². The first kappa shape index (κ1) is 15.2. The van der Waals surface area contributed by atoms with Gasteiger partial charge in [0.25, 0.3) is 5.69 Å². The van der Waals surface area contributed by atoms with E-state index < -0.39 is 4.92 Å². The Balaban J connectivity index is 2.02. The molecule has 2 rings (SSSR count). The van der Waals surface area contributed by atoms with Gasteiger partial charge in [-0.1, -0.05) is 18.2 Å².